The van der Waals surface area contributed by atoms with Gasteiger partial charge in [-0.25, -0.2) is 4.98 Å². The zero-order valence-electron chi connectivity index (χ0n) is 10.0. The number of nitrogens with one attached hydrogen (secondary N) is 1. The summed E-state index contributed by atoms with van der Waals surface area (Å²) in [6.45, 7) is 3.87. The van der Waals surface area contributed by atoms with Crippen LogP contribution in [0.25, 0.3) is 11.3 Å². The van der Waals surface area contributed by atoms with Gasteiger partial charge in [-0.3, -0.25) is 0 Å². The maximum Gasteiger partial charge on any atom is 0.181 e. The largest absolute Gasteiger partial charge is 0.443 e. The highest BCUT2D eigenvalue weighted by Gasteiger charge is 2.13. The number of hydrogen-bond acceptors (Lipinski definition) is 3. The predicted molar refractivity (Wildman–Crippen MR) is 84.4 cm³/mol. The van der Waals surface area contributed by atoms with Crippen molar-refractivity contribution < 1.29 is 4.42 Å². The van der Waals surface area contributed by atoms with Gasteiger partial charge in [0.15, 0.2) is 12.2 Å². The number of benzene rings is 1. The second-order valence-electron chi connectivity index (χ2n) is 3.93. The van der Waals surface area contributed by atoms with Crippen molar-refractivity contribution in [2.75, 3.05) is 6.54 Å². The molecule has 0 aliphatic rings. The fraction of sp³-hybridized carbons (Fsp3) is 0.308. The van der Waals surface area contributed by atoms with E-state index in [-0.39, 0.29) is 0 Å². The van der Waals surface area contributed by atoms with Gasteiger partial charge in [-0.05, 0) is 53.8 Å². The molecule has 0 aliphatic carbocycles. The topological polar surface area (TPSA) is 38.1 Å². The highest BCUT2D eigenvalue weighted by atomic mass is 127. The maximum absolute atomic E-state index is 5.54. The highest BCUT2D eigenvalue weighted by molar-refractivity contribution is 14.1. The summed E-state index contributed by atoms with van der Waals surface area (Å²) >= 11 is 5.80. The molecule has 3 nitrogen and oxygen atoms in total. The Bertz CT molecular complexity index is 527. The third-order valence-corrected chi connectivity index (χ3v) is 3.97. The molecule has 0 radical (unpaired) electrons. The molecule has 5 heteroatoms. The molecule has 0 saturated heterocycles. The van der Waals surface area contributed by atoms with Gasteiger partial charge in [-0.1, -0.05) is 22.9 Å². The highest BCUT2D eigenvalue weighted by Crippen LogP contribution is 2.30. The zero-order chi connectivity index (χ0) is 13.0. The molecule has 1 heterocycles. The Kier molecular flexibility index (Phi) is 5.20. The van der Waals surface area contributed by atoms with Crippen molar-refractivity contribution in [3.05, 3.63) is 38.3 Å². The average Bonchev–Trinajstić information content (AvgIpc) is 2.81. The summed E-state index contributed by atoms with van der Waals surface area (Å²) in [6.07, 6.45) is 2.62. The van der Waals surface area contributed by atoms with Crippen molar-refractivity contribution in [3.63, 3.8) is 0 Å². The van der Waals surface area contributed by atoms with Crippen LogP contribution in [-0.4, -0.2) is 11.5 Å². The van der Waals surface area contributed by atoms with E-state index in [0.29, 0.717) is 0 Å². The van der Waals surface area contributed by atoms with E-state index in [0.717, 1.165) is 44.6 Å². The summed E-state index contributed by atoms with van der Waals surface area (Å²) in [6, 6.07) is 6.15. The normalized spacial score (nSPS) is 10.8. The van der Waals surface area contributed by atoms with E-state index < -0.39 is 0 Å². The van der Waals surface area contributed by atoms with E-state index in [1.165, 1.54) is 6.39 Å². The summed E-state index contributed by atoms with van der Waals surface area (Å²) in [5, 5.41) is 3.35. The number of rotatable bonds is 5. The monoisotopic (exact) mass is 420 g/mol. The average molecular weight is 421 g/mol. The molecular formula is C13H14BrIN2O. The summed E-state index contributed by atoms with van der Waals surface area (Å²) in [7, 11) is 0. The number of aromatic nitrogens is 1. The second kappa shape index (κ2) is 6.68. The van der Waals surface area contributed by atoms with Gasteiger partial charge < -0.3 is 9.73 Å². The number of halogens is 2. The number of oxazole rings is 1. The SMILES string of the molecule is CCCNCc1ncoc1-c1cc(Br)ccc1I. The Morgan fingerprint density at radius 2 is 2.28 bits per heavy atom. The first kappa shape index (κ1) is 14.0. The quantitative estimate of drug-likeness (QED) is 0.581. The van der Waals surface area contributed by atoms with Gasteiger partial charge in [0.25, 0.3) is 0 Å². The van der Waals surface area contributed by atoms with Gasteiger partial charge in [-0.15, -0.1) is 0 Å². The molecule has 1 aromatic heterocycles. The third-order valence-electron chi connectivity index (χ3n) is 2.53. The Morgan fingerprint density at radius 3 is 3.06 bits per heavy atom. The van der Waals surface area contributed by atoms with E-state index in [1.54, 1.807) is 0 Å². The summed E-state index contributed by atoms with van der Waals surface area (Å²) in [5.74, 6) is 0.851. The van der Waals surface area contributed by atoms with Gasteiger partial charge >= 0.3 is 0 Å². The van der Waals surface area contributed by atoms with Crippen molar-refractivity contribution in [1.82, 2.24) is 10.3 Å². The van der Waals surface area contributed by atoms with E-state index in [9.17, 15) is 0 Å². The Morgan fingerprint density at radius 1 is 1.44 bits per heavy atom. The van der Waals surface area contributed by atoms with Crippen LogP contribution in [0.5, 0.6) is 0 Å². The molecule has 2 rings (SSSR count). The molecule has 0 saturated carbocycles. The van der Waals surface area contributed by atoms with E-state index in [4.69, 9.17) is 4.42 Å². The Hall–Kier alpha value is -0.400. The van der Waals surface area contributed by atoms with Crippen LogP contribution in [-0.2, 0) is 6.54 Å². The van der Waals surface area contributed by atoms with Crippen molar-refractivity contribution in [2.24, 2.45) is 0 Å². The molecule has 18 heavy (non-hydrogen) atoms. The van der Waals surface area contributed by atoms with Crippen molar-refractivity contribution >= 4 is 38.5 Å². The lowest BCUT2D eigenvalue weighted by Gasteiger charge is -2.05. The molecule has 1 N–H and O–H groups in total. The fourth-order valence-corrected chi connectivity index (χ4v) is 2.61. The molecule has 96 valence electrons. The molecule has 1 aromatic carbocycles. The molecule has 0 aliphatic heterocycles. The minimum Gasteiger partial charge on any atom is -0.443 e. The van der Waals surface area contributed by atoms with Gasteiger partial charge in [0.05, 0.1) is 0 Å². The van der Waals surface area contributed by atoms with Crippen LogP contribution in [0.15, 0.2) is 33.5 Å². The molecule has 0 fully saturated rings. The molecule has 0 unspecified atom stereocenters. The Labute approximate surface area is 129 Å². The zero-order valence-corrected chi connectivity index (χ0v) is 13.8. The predicted octanol–water partition coefficient (Wildman–Crippen LogP) is 4.21. The van der Waals surface area contributed by atoms with Crippen molar-refractivity contribution in [3.8, 4) is 11.3 Å². The lowest BCUT2D eigenvalue weighted by Crippen LogP contribution is -2.14. The van der Waals surface area contributed by atoms with Crippen molar-refractivity contribution in [2.45, 2.75) is 19.9 Å². The van der Waals surface area contributed by atoms with Gasteiger partial charge in [0, 0.05) is 20.2 Å². The standard InChI is InChI=1S/C13H14BrIN2O/c1-2-5-16-7-12-13(18-8-17-12)10-6-9(14)3-4-11(10)15/h3-4,6,8,16H,2,5,7H2,1H3. The van der Waals surface area contributed by atoms with Crippen LogP contribution in [0.4, 0.5) is 0 Å². The van der Waals surface area contributed by atoms with Gasteiger partial charge in [0.1, 0.15) is 5.69 Å². The molecule has 0 amide bonds. The van der Waals surface area contributed by atoms with Crippen LogP contribution in [0.3, 0.4) is 0 Å². The minimum atomic E-state index is 0.738. The lowest BCUT2D eigenvalue weighted by molar-refractivity contribution is 0.569. The Balaban J connectivity index is 2.27. The molecular weight excluding hydrogens is 407 g/mol. The third kappa shape index (κ3) is 3.33. The second-order valence-corrected chi connectivity index (χ2v) is 6.01. The van der Waals surface area contributed by atoms with Crippen LogP contribution < -0.4 is 5.32 Å². The van der Waals surface area contributed by atoms with Crippen LogP contribution in [0.2, 0.25) is 0 Å². The summed E-state index contributed by atoms with van der Waals surface area (Å²) in [4.78, 5) is 4.29. The molecule has 0 spiro atoms. The molecule has 0 atom stereocenters. The minimum absolute atomic E-state index is 0.738. The van der Waals surface area contributed by atoms with Crippen LogP contribution >= 0.6 is 38.5 Å². The van der Waals surface area contributed by atoms with Gasteiger partial charge in [0.2, 0.25) is 0 Å². The van der Waals surface area contributed by atoms with E-state index >= 15 is 0 Å². The first-order valence-electron chi connectivity index (χ1n) is 5.81. The molecule has 0 bridgehead atoms. The number of nitrogens with zero attached hydrogens (tertiary/aromatic N) is 1. The van der Waals surface area contributed by atoms with Crippen LogP contribution in [0.1, 0.15) is 19.0 Å². The number of hydrogen-bond donors (Lipinski definition) is 1. The van der Waals surface area contributed by atoms with Gasteiger partial charge in [-0.2, -0.15) is 0 Å². The smallest absolute Gasteiger partial charge is 0.181 e. The van der Waals surface area contributed by atoms with E-state index in [1.807, 2.05) is 6.07 Å². The summed E-state index contributed by atoms with van der Waals surface area (Å²) in [5.41, 5.74) is 2.04. The fourth-order valence-electron chi connectivity index (χ4n) is 1.67. The maximum atomic E-state index is 5.54. The first-order chi connectivity index (χ1) is 8.72. The lowest BCUT2D eigenvalue weighted by atomic mass is 10.1. The van der Waals surface area contributed by atoms with E-state index in [2.05, 4.69) is 67.9 Å². The van der Waals surface area contributed by atoms with Crippen molar-refractivity contribution in [1.29, 1.82) is 0 Å². The summed E-state index contributed by atoms with van der Waals surface area (Å²) < 4.78 is 7.74. The first-order valence-corrected chi connectivity index (χ1v) is 7.68. The van der Waals surface area contributed by atoms with Crippen LogP contribution in [0, 0.1) is 3.57 Å². The molecule has 2 aromatic rings.